The Balaban J connectivity index is 1.98. The standard InChI is InChI=1S/C13H17N3O/c1-16-12-6-4-3-5-10(12)15-13(16)11-7-9(17-2)8-14-11/h3-6,9,11,14H,7-8H2,1-2H3/t9-,11+/m1/s1. The van der Waals surface area contributed by atoms with Gasteiger partial charge in [-0.05, 0) is 18.6 Å². The van der Waals surface area contributed by atoms with Crippen molar-refractivity contribution in [1.82, 2.24) is 14.9 Å². The molecule has 2 heterocycles. The van der Waals surface area contributed by atoms with E-state index in [-0.39, 0.29) is 0 Å². The van der Waals surface area contributed by atoms with Crippen molar-refractivity contribution in [2.75, 3.05) is 13.7 Å². The van der Waals surface area contributed by atoms with Crippen LogP contribution in [0.5, 0.6) is 0 Å². The summed E-state index contributed by atoms with van der Waals surface area (Å²) < 4.78 is 7.55. The van der Waals surface area contributed by atoms with Gasteiger partial charge in [0.2, 0.25) is 0 Å². The third-order valence-corrected chi connectivity index (χ3v) is 3.56. The second-order valence-corrected chi connectivity index (χ2v) is 4.57. The lowest BCUT2D eigenvalue weighted by atomic mass is 10.2. The largest absolute Gasteiger partial charge is 0.380 e. The van der Waals surface area contributed by atoms with E-state index in [0.717, 1.165) is 24.3 Å². The van der Waals surface area contributed by atoms with Crippen LogP contribution >= 0.6 is 0 Å². The summed E-state index contributed by atoms with van der Waals surface area (Å²) in [4.78, 5) is 4.71. The zero-order chi connectivity index (χ0) is 11.8. The summed E-state index contributed by atoms with van der Waals surface area (Å²) in [5.41, 5.74) is 2.25. The fourth-order valence-electron chi connectivity index (χ4n) is 2.56. The first-order chi connectivity index (χ1) is 8.29. The Kier molecular flexibility index (Phi) is 2.61. The van der Waals surface area contributed by atoms with E-state index in [1.807, 2.05) is 12.1 Å². The summed E-state index contributed by atoms with van der Waals surface area (Å²) in [6, 6.07) is 8.54. The Morgan fingerprint density at radius 1 is 1.41 bits per heavy atom. The molecule has 3 rings (SSSR count). The van der Waals surface area contributed by atoms with Crippen LogP contribution in [0, 0.1) is 0 Å². The maximum atomic E-state index is 5.38. The number of nitrogens with zero attached hydrogens (tertiary/aromatic N) is 2. The minimum Gasteiger partial charge on any atom is -0.380 e. The summed E-state index contributed by atoms with van der Waals surface area (Å²) in [5, 5.41) is 3.47. The van der Waals surface area contributed by atoms with E-state index in [0.29, 0.717) is 12.1 Å². The first kappa shape index (κ1) is 10.7. The minimum atomic E-state index is 0.303. The predicted molar refractivity (Wildman–Crippen MR) is 66.9 cm³/mol. The highest BCUT2D eigenvalue weighted by Crippen LogP contribution is 2.26. The highest BCUT2D eigenvalue weighted by molar-refractivity contribution is 5.75. The van der Waals surface area contributed by atoms with Crippen molar-refractivity contribution in [1.29, 1.82) is 0 Å². The molecule has 0 spiro atoms. The van der Waals surface area contributed by atoms with Crippen LogP contribution in [0.4, 0.5) is 0 Å². The predicted octanol–water partition coefficient (Wildman–Crippen LogP) is 1.62. The lowest BCUT2D eigenvalue weighted by Gasteiger charge is -2.10. The molecule has 0 unspecified atom stereocenters. The summed E-state index contributed by atoms with van der Waals surface area (Å²) in [7, 11) is 3.84. The number of aromatic nitrogens is 2. The van der Waals surface area contributed by atoms with Gasteiger partial charge in [-0.15, -0.1) is 0 Å². The normalized spacial score (nSPS) is 24.6. The molecule has 1 aliphatic heterocycles. The number of rotatable bonds is 2. The molecule has 0 bridgehead atoms. The number of methoxy groups -OCH3 is 1. The number of aryl methyl sites for hydroxylation is 1. The highest BCUT2D eigenvalue weighted by atomic mass is 16.5. The molecule has 1 N–H and O–H groups in total. The van der Waals surface area contributed by atoms with Crippen LogP contribution < -0.4 is 5.32 Å². The van der Waals surface area contributed by atoms with Gasteiger partial charge in [-0.1, -0.05) is 12.1 Å². The molecule has 4 heteroatoms. The molecule has 17 heavy (non-hydrogen) atoms. The summed E-state index contributed by atoms with van der Waals surface area (Å²) in [6.45, 7) is 0.907. The van der Waals surface area contributed by atoms with Crippen LogP contribution in [0.1, 0.15) is 18.3 Å². The molecule has 1 aromatic carbocycles. The second-order valence-electron chi connectivity index (χ2n) is 4.57. The molecule has 90 valence electrons. The van der Waals surface area contributed by atoms with E-state index >= 15 is 0 Å². The molecule has 0 amide bonds. The van der Waals surface area contributed by atoms with Crippen LogP contribution in [0.25, 0.3) is 11.0 Å². The molecule has 1 aromatic heterocycles. The Morgan fingerprint density at radius 2 is 2.24 bits per heavy atom. The molecular weight excluding hydrogens is 214 g/mol. The van der Waals surface area contributed by atoms with Crippen LogP contribution in [0.15, 0.2) is 24.3 Å². The quantitative estimate of drug-likeness (QED) is 0.853. The Morgan fingerprint density at radius 3 is 2.94 bits per heavy atom. The number of fused-ring (bicyclic) bond motifs is 1. The Hall–Kier alpha value is -1.39. The lowest BCUT2D eigenvalue weighted by molar-refractivity contribution is 0.117. The van der Waals surface area contributed by atoms with Crippen LogP contribution in [-0.2, 0) is 11.8 Å². The molecule has 0 aliphatic carbocycles. The zero-order valence-corrected chi connectivity index (χ0v) is 10.2. The smallest absolute Gasteiger partial charge is 0.126 e. The van der Waals surface area contributed by atoms with Crippen molar-refractivity contribution in [3.05, 3.63) is 30.1 Å². The van der Waals surface area contributed by atoms with Crippen molar-refractivity contribution in [3.63, 3.8) is 0 Å². The molecule has 0 radical (unpaired) electrons. The molecule has 1 aliphatic rings. The fraction of sp³-hybridized carbons (Fsp3) is 0.462. The van der Waals surface area contributed by atoms with Gasteiger partial charge in [0, 0.05) is 20.7 Å². The SMILES string of the molecule is CO[C@H]1CN[C@H](c2nc3ccccc3n2C)C1. The van der Waals surface area contributed by atoms with Crippen molar-refractivity contribution in [2.24, 2.45) is 7.05 Å². The fourth-order valence-corrected chi connectivity index (χ4v) is 2.56. The van der Waals surface area contributed by atoms with Crippen molar-refractivity contribution in [3.8, 4) is 0 Å². The summed E-state index contributed by atoms with van der Waals surface area (Å²) in [5.74, 6) is 1.10. The topological polar surface area (TPSA) is 39.1 Å². The monoisotopic (exact) mass is 231 g/mol. The third-order valence-electron chi connectivity index (χ3n) is 3.56. The Bertz CT molecular complexity index is 534. The molecule has 1 fully saturated rings. The first-order valence-electron chi connectivity index (χ1n) is 5.97. The van der Waals surface area contributed by atoms with Crippen LogP contribution in [0.2, 0.25) is 0 Å². The van der Waals surface area contributed by atoms with E-state index in [9.17, 15) is 0 Å². The van der Waals surface area contributed by atoms with Crippen LogP contribution in [0.3, 0.4) is 0 Å². The molecule has 1 saturated heterocycles. The van der Waals surface area contributed by atoms with Crippen LogP contribution in [-0.4, -0.2) is 29.3 Å². The zero-order valence-electron chi connectivity index (χ0n) is 10.2. The van der Waals surface area contributed by atoms with Gasteiger partial charge in [0.25, 0.3) is 0 Å². The van der Waals surface area contributed by atoms with E-state index in [1.54, 1.807) is 7.11 Å². The van der Waals surface area contributed by atoms with Crippen molar-refractivity contribution < 1.29 is 4.74 Å². The number of imidazole rings is 1. The maximum Gasteiger partial charge on any atom is 0.126 e. The van der Waals surface area contributed by atoms with Gasteiger partial charge in [0.1, 0.15) is 5.82 Å². The summed E-state index contributed by atoms with van der Waals surface area (Å²) >= 11 is 0. The molecule has 2 aromatic rings. The average molecular weight is 231 g/mol. The van der Waals surface area contributed by atoms with Gasteiger partial charge < -0.3 is 14.6 Å². The van der Waals surface area contributed by atoms with E-state index in [1.165, 1.54) is 5.52 Å². The Labute approximate surface area is 101 Å². The second kappa shape index (κ2) is 4.13. The number of hydrogen-bond donors (Lipinski definition) is 1. The minimum absolute atomic E-state index is 0.303. The van der Waals surface area contributed by atoms with Crippen molar-refractivity contribution in [2.45, 2.75) is 18.6 Å². The highest BCUT2D eigenvalue weighted by Gasteiger charge is 2.28. The third kappa shape index (κ3) is 1.73. The molecule has 4 nitrogen and oxygen atoms in total. The lowest BCUT2D eigenvalue weighted by Crippen LogP contribution is -2.18. The number of para-hydroxylation sites is 2. The number of ether oxygens (including phenoxy) is 1. The molecular formula is C13H17N3O. The van der Waals surface area contributed by atoms with E-state index < -0.39 is 0 Å². The van der Waals surface area contributed by atoms with E-state index in [4.69, 9.17) is 9.72 Å². The number of benzene rings is 1. The first-order valence-corrected chi connectivity index (χ1v) is 5.97. The summed E-state index contributed by atoms with van der Waals surface area (Å²) in [6.07, 6.45) is 1.30. The number of hydrogen-bond acceptors (Lipinski definition) is 3. The molecule has 0 saturated carbocycles. The van der Waals surface area contributed by atoms with Crippen molar-refractivity contribution >= 4 is 11.0 Å². The van der Waals surface area contributed by atoms with Gasteiger partial charge in [-0.3, -0.25) is 0 Å². The maximum absolute atomic E-state index is 5.38. The van der Waals surface area contributed by atoms with Gasteiger partial charge in [0.05, 0.1) is 23.2 Å². The average Bonchev–Trinajstić information content (AvgIpc) is 2.95. The van der Waals surface area contributed by atoms with Gasteiger partial charge in [-0.2, -0.15) is 0 Å². The van der Waals surface area contributed by atoms with Gasteiger partial charge in [0.15, 0.2) is 0 Å². The number of nitrogens with one attached hydrogen (secondary N) is 1. The van der Waals surface area contributed by atoms with Gasteiger partial charge >= 0.3 is 0 Å². The molecule has 2 atom stereocenters. The van der Waals surface area contributed by atoms with Gasteiger partial charge in [-0.25, -0.2) is 4.98 Å². The van der Waals surface area contributed by atoms with E-state index in [2.05, 4.69) is 29.1 Å².